The molecule has 0 aromatic heterocycles. The van der Waals surface area contributed by atoms with Crippen molar-refractivity contribution in [2.75, 3.05) is 0 Å². The van der Waals surface area contributed by atoms with Crippen molar-refractivity contribution in [3.05, 3.63) is 66.0 Å². The molecule has 1 aliphatic rings. The van der Waals surface area contributed by atoms with E-state index < -0.39 is 0 Å². The standard InChI is InChI=1S/C19H21FO2/c20-18-8-4-5-9-19(18)22-17-12-10-16(11-13-17)21-14-15-6-2-1-3-7-15/h1-9,16-17H,10-14H2. The van der Waals surface area contributed by atoms with Crippen LogP contribution in [0.3, 0.4) is 0 Å². The molecule has 0 saturated heterocycles. The SMILES string of the molecule is Fc1ccccc1OC1CCC(OCc2ccccc2)CC1. The Morgan fingerprint density at radius 2 is 1.45 bits per heavy atom. The summed E-state index contributed by atoms with van der Waals surface area (Å²) >= 11 is 0. The molecule has 2 aromatic carbocycles. The number of para-hydroxylation sites is 1. The van der Waals surface area contributed by atoms with E-state index in [1.54, 1.807) is 18.2 Å². The molecule has 0 N–H and O–H groups in total. The van der Waals surface area contributed by atoms with E-state index >= 15 is 0 Å². The van der Waals surface area contributed by atoms with Gasteiger partial charge in [0.2, 0.25) is 0 Å². The van der Waals surface area contributed by atoms with Gasteiger partial charge in [-0.25, -0.2) is 4.39 Å². The van der Waals surface area contributed by atoms with Crippen molar-refractivity contribution in [3.63, 3.8) is 0 Å². The normalized spacial score (nSPS) is 21.5. The van der Waals surface area contributed by atoms with E-state index in [9.17, 15) is 4.39 Å². The zero-order valence-electron chi connectivity index (χ0n) is 12.6. The predicted octanol–water partition coefficient (Wildman–Crippen LogP) is 4.73. The van der Waals surface area contributed by atoms with Gasteiger partial charge in [0.05, 0.1) is 18.8 Å². The fraction of sp³-hybridized carbons (Fsp3) is 0.368. The first-order valence-corrected chi connectivity index (χ1v) is 7.88. The Morgan fingerprint density at radius 1 is 0.818 bits per heavy atom. The molecule has 1 aliphatic carbocycles. The molecule has 2 nitrogen and oxygen atoms in total. The van der Waals surface area contributed by atoms with E-state index in [2.05, 4.69) is 12.1 Å². The Morgan fingerprint density at radius 3 is 2.18 bits per heavy atom. The van der Waals surface area contributed by atoms with E-state index in [0.29, 0.717) is 12.4 Å². The lowest BCUT2D eigenvalue weighted by molar-refractivity contribution is -0.00717. The Bertz CT molecular complexity index is 577. The van der Waals surface area contributed by atoms with Crippen LogP contribution in [0.4, 0.5) is 4.39 Å². The van der Waals surface area contributed by atoms with Crippen molar-refractivity contribution in [2.24, 2.45) is 0 Å². The molecule has 116 valence electrons. The van der Waals surface area contributed by atoms with Crippen LogP contribution >= 0.6 is 0 Å². The molecule has 0 spiro atoms. The third kappa shape index (κ3) is 4.08. The lowest BCUT2D eigenvalue weighted by Gasteiger charge is -2.29. The highest BCUT2D eigenvalue weighted by atomic mass is 19.1. The summed E-state index contributed by atoms with van der Waals surface area (Å²) in [4.78, 5) is 0. The minimum absolute atomic E-state index is 0.0912. The van der Waals surface area contributed by atoms with Gasteiger partial charge in [-0.05, 0) is 43.4 Å². The van der Waals surface area contributed by atoms with Gasteiger partial charge in [-0.3, -0.25) is 0 Å². The molecule has 0 unspecified atom stereocenters. The molecule has 1 fully saturated rings. The van der Waals surface area contributed by atoms with Gasteiger partial charge in [-0.2, -0.15) is 0 Å². The van der Waals surface area contributed by atoms with Gasteiger partial charge in [-0.15, -0.1) is 0 Å². The van der Waals surface area contributed by atoms with Crippen molar-refractivity contribution < 1.29 is 13.9 Å². The summed E-state index contributed by atoms with van der Waals surface area (Å²) in [6.07, 6.45) is 4.12. The number of hydrogen-bond acceptors (Lipinski definition) is 2. The zero-order valence-corrected chi connectivity index (χ0v) is 12.6. The molecule has 1 saturated carbocycles. The number of hydrogen-bond donors (Lipinski definition) is 0. The Balaban J connectivity index is 1.44. The molecule has 3 heteroatoms. The van der Waals surface area contributed by atoms with Crippen LogP contribution in [0.2, 0.25) is 0 Å². The molecule has 0 amide bonds. The highest BCUT2D eigenvalue weighted by molar-refractivity contribution is 5.24. The van der Waals surface area contributed by atoms with E-state index in [-0.39, 0.29) is 18.0 Å². The highest BCUT2D eigenvalue weighted by Gasteiger charge is 2.23. The monoisotopic (exact) mass is 300 g/mol. The summed E-state index contributed by atoms with van der Waals surface area (Å²) in [6.45, 7) is 0.657. The number of ether oxygens (including phenoxy) is 2. The fourth-order valence-electron chi connectivity index (χ4n) is 2.82. The van der Waals surface area contributed by atoms with E-state index in [4.69, 9.17) is 9.47 Å². The maximum absolute atomic E-state index is 13.6. The number of benzene rings is 2. The summed E-state index contributed by atoms with van der Waals surface area (Å²) in [5.41, 5.74) is 1.20. The number of halogens is 1. The Labute approximate surface area is 130 Å². The van der Waals surface area contributed by atoms with Gasteiger partial charge in [0.25, 0.3) is 0 Å². The van der Waals surface area contributed by atoms with Crippen molar-refractivity contribution in [2.45, 2.75) is 44.5 Å². The second-order valence-electron chi connectivity index (χ2n) is 5.74. The molecule has 0 bridgehead atoms. The minimum atomic E-state index is -0.287. The quantitative estimate of drug-likeness (QED) is 0.794. The lowest BCUT2D eigenvalue weighted by Crippen LogP contribution is -2.28. The zero-order chi connectivity index (χ0) is 15.2. The summed E-state index contributed by atoms with van der Waals surface area (Å²) in [5, 5.41) is 0. The minimum Gasteiger partial charge on any atom is -0.487 e. The average molecular weight is 300 g/mol. The van der Waals surface area contributed by atoms with Crippen LogP contribution in [0.1, 0.15) is 31.2 Å². The van der Waals surface area contributed by atoms with Crippen LogP contribution in [0, 0.1) is 5.82 Å². The number of rotatable bonds is 5. The van der Waals surface area contributed by atoms with Crippen molar-refractivity contribution in [1.29, 1.82) is 0 Å². The molecular weight excluding hydrogens is 279 g/mol. The largest absolute Gasteiger partial charge is 0.487 e. The summed E-state index contributed by atoms with van der Waals surface area (Å²) in [7, 11) is 0. The van der Waals surface area contributed by atoms with Crippen LogP contribution in [0.15, 0.2) is 54.6 Å². The van der Waals surface area contributed by atoms with Gasteiger partial charge in [0.15, 0.2) is 11.6 Å². The average Bonchev–Trinajstić information content (AvgIpc) is 2.57. The first kappa shape index (κ1) is 15.0. The van der Waals surface area contributed by atoms with Crippen molar-refractivity contribution in [1.82, 2.24) is 0 Å². The molecule has 3 rings (SSSR count). The molecule has 0 aliphatic heterocycles. The summed E-state index contributed by atoms with van der Waals surface area (Å²) in [6, 6.07) is 16.8. The molecular formula is C19H21FO2. The molecule has 2 aromatic rings. The van der Waals surface area contributed by atoms with Gasteiger partial charge < -0.3 is 9.47 Å². The van der Waals surface area contributed by atoms with Crippen molar-refractivity contribution in [3.8, 4) is 5.75 Å². The van der Waals surface area contributed by atoms with E-state index in [1.807, 2.05) is 18.2 Å². The van der Waals surface area contributed by atoms with Crippen LogP contribution in [-0.4, -0.2) is 12.2 Å². The second kappa shape index (κ2) is 7.41. The summed E-state index contributed by atoms with van der Waals surface area (Å²) < 4.78 is 25.3. The third-order valence-corrected chi connectivity index (χ3v) is 4.08. The maximum Gasteiger partial charge on any atom is 0.165 e. The molecule has 0 atom stereocenters. The highest BCUT2D eigenvalue weighted by Crippen LogP contribution is 2.27. The van der Waals surface area contributed by atoms with Gasteiger partial charge in [-0.1, -0.05) is 42.5 Å². The molecule has 22 heavy (non-hydrogen) atoms. The topological polar surface area (TPSA) is 18.5 Å². The Kier molecular flexibility index (Phi) is 5.07. The molecule has 0 heterocycles. The van der Waals surface area contributed by atoms with Crippen LogP contribution < -0.4 is 4.74 Å². The second-order valence-corrected chi connectivity index (χ2v) is 5.74. The van der Waals surface area contributed by atoms with Crippen molar-refractivity contribution >= 4 is 0 Å². The lowest BCUT2D eigenvalue weighted by atomic mass is 9.95. The predicted molar refractivity (Wildman–Crippen MR) is 84.3 cm³/mol. The smallest absolute Gasteiger partial charge is 0.165 e. The van der Waals surface area contributed by atoms with Crippen LogP contribution in [0.5, 0.6) is 5.75 Å². The van der Waals surface area contributed by atoms with Gasteiger partial charge in [0.1, 0.15) is 0 Å². The van der Waals surface area contributed by atoms with E-state index in [1.165, 1.54) is 11.6 Å². The first-order chi connectivity index (χ1) is 10.8. The fourth-order valence-corrected chi connectivity index (χ4v) is 2.82. The first-order valence-electron chi connectivity index (χ1n) is 7.88. The third-order valence-electron chi connectivity index (χ3n) is 4.08. The van der Waals surface area contributed by atoms with Gasteiger partial charge in [0, 0.05) is 0 Å². The maximum atomic E-state index is 13.6. The van der Waals surface area contributed by atoms with Gasteiger partial charge >= 0.3 is 0 Å². The van der Waals surface area contributed by atoms with Crippen LogP contribution in [-0.2, 0) is 11.3 Å². The van der Waals surface area contributed by atoms with E-state index in [0.717, 1.165) is 25.7 Å². The summed E-state index contributed by atoms with van der Waals surface area (Å²) in [5.74, 6) is 0.0705. The molecule has 0 radical (unpaired) electrons. The Hall–Kier alpha value is -1.87. The van der Waals surface area contributed by atoms with Crippen LogP contribution in [0.25, 0.3) is 0 Å².